The topological polar surface area (TPSA) is 17.1 Å². The Bertz CT molecular complexity index is 329. The highest BCUT2D eigenvalue weighted by Crippen LogP contribution is 2.20. The lowest BCUT2D eigenvalue weighted by molar-refractivity contribution is 0.109. The molecule has 0 aliphatic carbocycles. The van der Waals surface area contributed by atoms with Gasteiger partial charge in [-0.25, -0.2) is 0 Å². The molecule has 2 heteroatoms. The van der Waals surface area contributed by atoms with Crippen LogP contribution in [0.25, 0.3) is 0 Å². The summed E-state index contributed by atoms with van der Waals surface area (Å²) in [7, 11) is 0. The van der Waals surface area contributed by atoms with Gasteiger partial charge in [0.25, 0.3) is 0 Å². The van der Waals surface area contributed by atoms with E-state index in [2.05, 4.69) is 35.8 Å². The molecule has 1 aromatic carbocycles. The molecule has 13 heavy (non-hydrogen) atoms. The highest BCUT2D eigenvalue weighted by atomic mass is 79.9. The number of carbonyl (C=O) groups excluding carboxylic acids is 1. The molecule has 0 aromatic heterocycles. The van der Waals surface area contributed by atoms with Crippen LogP contribution in [0.15, 0.2) is 18.2 Å². The summed E-state index contributed by atoms with van der Waals surface area (Å²) in [6.45, 7) is 6.18. The van der Waals surface area contributed by atoms with E-state index in [-0.39, 0.29) is 4.69 Å². The summed E-state index contributed by atoms with van der Waals surface area (Å²) in [6, 6.07) is 6.01. The molecule has 70 valence electrons. The van der Waals surface area contributed by atoms with E-state index in [1.165, 1.54) is 5.56 Å². The summed E-state index contributed by atoms with van der Waals surface area (Å²) in [4.78, 5) is 11.2. The first-order valence-corrected chi connectivity index (χ1v) is 5.12. The first-order valence-electron chi connectivity index (χ1n) is 4.32. The number of benzene rings is 1. The van der Waals surface area contributed by atoms with Crippen LogP contribution in [0.4, 0.5) is 0 Å². The second kappa shape index (κ2) is 4.05. The minimum absolute atomic E-state index is 0.0347. The van der Waals surface area contributed by atoms with Crippen LogP contribution >= 0.6 is 15.9 Å². The van der Waals surface area contributed by atoms with Crippen molar-refractivity contribution >= 4 is 20.6 Å². The normalized spacial score (nSPS) is 10.5. The summed E-state index contributed by atoms with van der Waals surface area (Å²) in [5, 5.41) is 0. The molecular formula is C11H13BrO. The van der Waals surface area contributed by atoms with Crippen LogP contribution in [0.5, 0.6) is 0 Å². The molecule has 0 amide bonds. The van der Waals surface area contributed by atoms with Crippen molar-refractivity contribution in [1.29, 1.82) is 0 Å². The van der Waals surface area contributed by atoms with Crippen molar-refractivity contribution < 1.29 is 4.79 Å². The number of halogens is 1. The molecule has 0 aliphatic heterocycles. The Hall–Kier alpha value is -0.630. The first kappa shape index (κ1) is 10.5. The van der Waals surface area contributed by atoms with Crippen molar-refractivity contribution in [1.82, 2.24) is 0 Å². The van der Waals surface area contributed by atoms with Crippen molar-refractivity contribution in [2.45, 2.75) is 26.7 Å². The Morgan fingerprint density at radius 1 is 1.38 bits per heavy atom. The maximum atomic E-state index is 11.2. The standard InChI is InChI=1S/C11H13BrO/c1-7(2)9-5-4-8(3)10(6-9)11(12)13/h4-7H,1-3H3. The molecule has 0 heterocycles. The van der Waals surface area contributed by atoms with Gasteiger partial charge in [0.2, 0.25) is 4.69 Å². The van der Waals surface area contributed by atoms with E-state index >= 15 is 0 Å². The fraction of sp³-hybridized carbons (Fsp3) is 0.364. The van der Waals surface area contributed by atoms with Gasteiger partial charge in [-0.1, -0.05) is 26.0 Å². The third-order valence-electron chi connectivity index (χ3n) is 2.14. The minimum Gasteiger partial charge on any atom is -0.281 e. The molecule has 1 nitrogen and oxygen atoms in total. The largest absolute Gasteiger partial charge is 0.281 e. The number of hydrogen-bond acceptors (Lipinski definition) is 1. The average molecular weight is 241 g/mol. The van der Waals surface area contributed by atoms with Gasteiger partial charge in [0.1, 0.15) is 0 Å². The van der Waals surface area contributed by atoms with E-state index in [4.69, 9.17) is 0 Å². The zero-order valence-electron chi connectivity index (χ0n) is 8.10. The molecule has 0 aliphatic rings. The van der Waals surface area contributed by atoms with Gasteiger partial charge in [0, 0.05) is 5.56 Å². The van der Waals surface area contributed by atoms with Gasteiger partial charge >= 0.3 is 0 Å². The lowest BCUT2D eigenvalue weighted by Crippen LogP contribution is -1.96. The van der Waals surface area contributed by atoms with Crippen molar-refractivity contribution in [2.24, 2.45) is 0 Å². The van der Waals surface area contributed by atoms with Gasteiger partial charge in [-0.15, -0.1) is 0 Å². The van der Waals surface area contributed by atoms with Gasteiger partial charge in [-0.05, 0) is 46.0 Å². The van der Waals surface area contributed by atoms with Gasteiger partial charge in [0.05, 0.1) is 0 Å². The highest BCUT2D eigenvalue weighted by Gasteiger charge is 2.07. The van der Waals surface area contributed by atoms with Crippen LogP contribution < -0.4 is 0 Å². The number of carbonyl (C=O) groups is 1. The lowest BCUT2D eigenvalue weighted by Gasteiger charge is -2.08. The maximum Gasteiger partial charge on any atom is 0.228 e. The van der Waals surface area contributed by atoms with Crippen LogP contribution in [-0.4, -0.2) is 4.69 Å². The molecule has 0 spiro atoms. The van der Waals surface area contributed by atoms with Crippen LogP contribution in [0.2, 0.25) is 0 Å². The van der Waals surface area contributed by atoms with Crippen molar-refractivity contribution in [3.05, 3.63) is 34.9 Å². The predicted molar refractivity (Wildman–Crippen MR) is 58.5 cm³/mol. The SMILES string of the molecule is Cc1ccc(C(C)C)cc1C(=O)Br. The summed E-state index contributed by atoms with van der Waals surface area (Å²) in [5.41, 5.74) is 2.99. The number of hydrogen-bond donors (Lipinski definition) is 0. The van der Waals surface area contributed by atoms with E-state index in [1.807, 2.05) is 19.1 Å². The Labute approximate surface area is 87.3 Å². The zero-order valence-corrected chi connectivity index (χ0v) is 9.68. The third kappa shape index (κ3) is 2.41. The van der Waals surface area contributed by atoms with Gasteiger partial charge in [0.15, 0.2) is 0 Å². The van der Waals surface area contributed by atoms with Crippen LogP contribution in [-0.2, 0) is 0 Å². The van der Waals surface area contributed by atoms with Gasteiger partial charge in [-0.3, -0.25) is 4.79 Å². The lowest BCUT2D eigenvalue weighted by atomic mass is 9.98. The smallest absolute Gasteiger partial charge is 0.228 e. The molecule has 0 saturated heterocycles. The molecule has 0 atom stereocenters. The number of aryl methyl sites for hydroxylation is 1. The molecule has 0 radical (unpaired) electrons. The Balaban J connectivity index is 3.19. The molecule has 0 N–H and O–H groups in total. The average Bonchev–Trinajstić information content (AvgIpc) is 2.04. The fourth-order valence-corrected chi connectivity index (χ4v) is 1.64. The van der Waals surface area contributed by atoms with Crippen molar-refractivity contribution in [3.63, 3.8) is 0 Å². The first-order chi connectivity index (χ1) is 6.02. The summed E-state index contributed by atoms with van der Waals surface area (Å²) < 4.78 is -0.0347. The van der Waals surface area contributed by atoms with E-state index in [1.54, 1.807) is 0 Å². The van der Waals surface area contributed by atoms with E-state index in [9.17, 15) is 4.79 Å². The van der Waals surface area contributed by atoms with E-state index < -0.39 is 0 Å². The van der Waals surface area contributed by atoms with E-state index in [0.717, 1.165) is 11.1 Å². The van der Waals surface area contributed by atoms with E-state index in [0.29, 0.717) is 5.92 Å². The Morgan fingerprint density at radius 3 is 2.46 bits per heavy atom. The molecule has 0 unspecified atom stereocenters. The highest BCUT2D eigenvalue weighted by molar-refractivity contribution is 9.18. The predicted octanol–water partition coefficient (Wildman–Crippen LogP) is 3.65. The van der Waals surface area contributed by atoms with Crippen molar-refractivity contribution in [3.8, 4) is 0 Å². The van der Waals surface area contributed by atoms with Gasteiger partial charge in [-0.2, -0.15) is 0 Å². The molecular weight excluding hydrogens is 228 g/mol. The molecule has 0 fully saturated rings. The summed E-state index contributed by atoms with van der Waals surface area (Å²) >= 11 is 2.98. The molecule has 0 bridgehead atoms. The Kier molecular flexibility index (Phi) is 3.26. The third-order valence-corrected chi connectivity index (χ3v) is 2.57. The Morgan fingerprint density at radius 2 is 2.00 bits per heavy atom. The maximum absolute atomic E-state index is 11.2. The van der Waals surface area contributed by atoms with Crippen molar-refractivity contribution in [2.75, 3.05) is 0 Å². The van der Waals surface area contributed by atoms with Gasteiger partial charge < -0.3 is 0 Å². The molecule has 1 rings (SSSR count). The zero-order chi connectivity index (χ0) is 10.0. The number of rotatable bonds is 2. The second-order valence-corrected chi connectivity index (χ2v) is 4.22. The quantitative estimate of drug-likeness (QED) is 0.722. The monoisotopic (exact) mass is 240 g/mol. The summed E-state index contributed by atoms with van der Waals surface area (Å²) in [5.74, 6) is 0.464. The minimum atomic E-state index is -0.0347. The summed E-state index contributed by atoms with van der Waals surface area (Å²) in [6.07, 6.45) is 0. The molecule has 1 aromatic rings. The fourth-order valence-electron chi connectivity index (χ4n) is 1.21. The van der Waals surface area contributed by atoms with Crippen LogP contribution in [0.1, 0.15) is 41.3 Å². The molecule has 0 saturated carbocycles. The van der Waals surface area contributed by atoms with Crippen LogP contribution in [0, 0.1) is 6.92 Å². The van der Waals surface area contributed by atoms with Crippen LogP contribution in [0.3, 0.4) is 0 Å². The second-order valence-electron chi connectivity index (χ2n) is 3.50.